The number of carbonyl (C=O) groups excluding carboxylic acids is 1. The molecule has 0 bridgehead atoms. The fourth-order valence-corrected chi connectivity index (χ4v) is 1.97. The summed E-state index contributed by atoms with van der Waals surface area (Å²) in [6.07, 6.45) is 1.18. The number of oxime groups is 1. The van der Waals surface area contributed by atoms with Crippen molar-refractivity contribution in [3.05, 3.63) is 45.6 Å². The molecule has 1 amide bonds. The van der Waals surface area contributed by atoms with Crippen molar-refractivity contribution in [3.8, 4) is 0 Å². The molecule has 0 fully saturated rings. The molecule has 1 aromatic carbocycles. The quantitative estimate of drug-likeness (QED) is 0.289. The third-order valence-corrected chi connectivity index (χ3v) is 2.95. The number of carbonyl (C=O) groups is 1. The maximum absolute atomic E-state index is 13.7. The predicted molar refractivity (Wildman–Crippen MR) is 73.1 cm³/mol. The molecule has 0 spiro atoms. The van der Waals surface area contributed by atoms with Gasteiger partial charge in [0.1, 0.15) is 23.0 Å². The van der Waals surface area contributed by atoms with Gasteiger partial charge in [-0.1, -0.05) is 21.1 Å². The van der Waals surface area contributed by atoms with Crippen LogP contribution in [-0.2, 0) is 0 Å². The number of rotatable bonds is 3. The van der Waals surface area contributed by atoms with E-state index in [1.165, 1.54) is 6.20 Å². The first-order chi connectivity index (χ1) is 9.93. The summed E-state index contributed by atoms with van der Waals surface area (Å²) in [5.74, 6) is -3.50. The number of nitrogens with one attached hydrogen (secondary N) is 2. The van der Waals surface area contributed by atoms with Gasteiger partial charge in [-0.3, -0.25) is 9.89 Å². The van der Waals surface area contributed by atoms with Crippen molar-refractivity contribution in [1.29, 1.82) is 0 Å². The average Bonchev–Trinajstić information content (AvgIpc) is 2.84. The van der Waals surface area contributed by atoms with Gasteiger partial charge in [0.2, 0.25) is 0 Å². The largest absolute Gasteiger partial charge is 0.409 e. The molecule has 0 saturated carbocycles. The third-order valence-electron chi connectivity index (χ3n) is 2.50. The maximum atomic E-state index is 13.7. The molecule has 0 aliphatic rings. The van der Waals surface area contributed by atoms with Crippen LogP contribution in [0.4, 0.5) is 14.6 Å². The summed E-state index contributed by atoms with van der Waals surface area (Å²) in [5, 5.41) is 19.5. The molecule has 21 heavy (non-hydrogen) atoms. The highest BCUT2D eigenvalue weighted by atomic mass is 79.9. The smallest absolute Gasteiger partial charge is 0.262 e. The Morgan fingerprint density at radius 1 is 1.43 bits per heavy atom. The van der Waals surface area contributed by atoms with E-state index in [2.05, 4.69) is 36.6 Å². The zero-order valence-electron chi connectivity index (χ0n) is 10.2. The van der Waals surface area contributed by atoms with Crippen LogP contribution >= 0.6 is 15.9 Å². The summed E-state index contributed by atoms with van der Waals surface area (Å²) in [6, 6.07) is 1.91. The minimum absolute atomic E-state index is 0.0583. The first-order valence-electron chi connectivity index (χ1n) is 5.41. The van der Waals surface area contributed by atoms with Crippen LogP contribution in [0.25, 0.3) is 0 Å². The lowest BCUT2D eigenvalue weighted by Gasteiger charge is -2.07. The molecule has 1 aromatic heterocycles. The summed E-state index contributed by atoms with van der Waals surface area (Å²) in [4.78, 5) is 11.9. The molecule has 0 aliphatic carbocycles. The SMILES string of the molecule is NC(=NO)c1cn[nH]c1NC(=O)c1c(F)cc(Br)cc1F. The fourth-order valence-electron chi connectivity index (χ4n) is 1.56. The van der Waals surface area contributed by atoms with E-state index in [0.717, 1.165) is 12.1 Å². The van der Waals surface area contributed by atoms with Crippen molar-refractivity contribution < 1.29 is 18.8 Å². The summed E-state index contributed by atoms with van der Waals surface area (Å²) in [6.45, 7) is 0. The zero-order valence-corrected chi connectivity index (χ0v) is 11.8. The van der Waals surface area contributed by atoms with E-state index < -0.39 is 23.1 Å². The highest BCUT2D eigenvalue weighted by Crippen LogP contribution is 2.21. The molecule has 1 heterocycles. The van der Waals surface area contributed by atoms with E-state index in [1.54, 1.807) is 0 Å². The normalized spacial score (nSPS) is 11.5. The van der Waals surface area contributed by atoms with Crippen LogP contribution in [0.2, 0.25) is 0 Å². The van der Waals surface area contributed by atoms with Crippen molar-refractivity contribution in [2.75, 3.05) is 5.32 Å². The van der Waals surface area contributed by atoms with E-state index >= 15 is 0 Å². The number of amides is 1. The van der Waals surface area contributed by atoms with Crippen LogP contribution in [0.1, 0.15) is 15.9 Å². The van der Waals surface area contributed by atoms with Crippen LogP contribution in [0, 0.1) is 11.6 Å². The highest BCUT2D eigenvalue weighted by Gasteiger charge is 2.20. The van der Waals surface area contributed by atoms with Gasteiger partial charge in [0.25, 0.3) is 5.91 Å². The van der Waals surface area contributed by atoms with Gasteiger partial charge < -0.3 is 16.3 Å². The number of anilines is 1. The second-order valence-electron chi connectivity index (χ2n) is 3.84. The Morgan fingerprint density at radius 3 is 2.62 bits per heavy atom. The Balaban J connectivity index is 2.34. The molecule has 10 heteroatoms. The molecule has 0 unspecified atom stereocenters. The fraction of sp³-hybridized carbons (Fsp3) is 0. The summed E-state index contributed by atoms with van der Waals surface area (Å²) in [5.41, 5.74) is 4.68. The number of nitrogens with zero attached hydrogens (tertiary/aromatic N) is 2. The third kappa shape index (κ3) is 2.99. The molecule has 7 nitrogen and oxygen atoms in total. The molecule has 0 aliphatic heterocycles. The number of benzene rings is 1. The number of amidine groups is 1. The minimum Gasteiger partial charge on any atom is -0.409 e. The van der Waals surface area contributed by atoms with Crippen molar-refractivity contribution in [2.24, 2.45) is 10.9 Å². The van der Waals surface area contributed by atoms with Gasteiger partial charge in [-0.25, -0.2) is 8.78 Å². The Kier molecular flexibility index (Phi) is 4.17. The maximum Gasteiger partial charge on any atom is 0.262 e. The Bertz CT molecular complexity index is 708. The van der Waals surface area contributed by atoms with Gasteiger partial charge >= 0.3 is 0 Å². The lowest BCUT2D eigenvalue weighted by molar-refractivity contribution is 0.101. The van der Waals surface area contributed by atoms with E-state index in [4.69, 9.17) is 10.9 Å². The van der Waals surface area contributed by atoms with E-state index in [-0.39, 0.29) is 21.7 Å². The summed E-state index contributed by atoms with van der Waals surface area (Å²) < 4.78 is 27.5. The number of hydrogen-bond acceptors (Lipinski definition) is 4. The van der Waals surface area contributed by atoms with E-state index in [0.29, 0.717) is 0 Å². The first-order valence-corrected chi connectivity index (χ1v) is 6.20. The highest BCUT2D eigenvalue weighted by molar-refractivity contribution is 9.10. The van der Waals surface area contributed by atoms with Gasteiger partial charge in [-0.05, 0) is 12.1 Å². The summed E-state index contributed by atoms with van der Waals surface area (Å²) in [7, 11) is 0. The van der Waals surface area contributed by atoms with Gasteiger partial charge in [-0.15, -0.1) is 0 Å². The summed E-state index contributed by atoms with van der Waals surface area (Å²) >= 11 is 2.91. The van der Waals surface area contributed by atoms with Crippen molar-refractivity contribution >= 4 is 33.5 Å². The lowest BCUT2D eigenvalue weighted by Crippen LogP contribution is -2.20. The topological polar surface area (TPSA) is 116 Å². The van der Waals surface area contributed by atoms with E-state index in [1.807, 2.05) is 0 Å². The first kappa shape index (κ1) is 14.9. The average molecular weight is 360 g/mol. The van der Waals surface area contributed by atoms with Crippen LogP contribution < -0.4 is 11.1 Å². The number of H-pyrrole nitrogens is 1. The second kappa shape index (κ2) is 5.87. The van der Waals surface area contributed by atoms with E-state index in [9.17, 15) is 13.6 Å². The van der Waals surface area contributed by atoms with Gasteiger partial charge in [-0.2, -0.15) is 5.10 Å². The monoisotopic (exact) mass is 359 g/mol. The van der Waals surface area contributed by atoms with Crippen molar-refractivity contribution in [1.82, 2.24) is 10.2 Å². The number of nitrogens with two attached hydrogens (primary N) is 1. The van der Waals surface area contributed by atoms with Crippen LogP contribution in [0.15, 0.2) is 28.0 Å². The number of aromatic nitrogens is 2. The number of hydrogen-bond donors (Lipinski definition) is 4. The van der Waals surface area contributed by atoms with Crippen LogP contribution in [-0.4, -0.2) is 27.1 Å². The number of halogens is 3. The van der Waals surface area contributed by atoms with Gasteiger partial charge in [0, 0.05) is 4.47 Å². The second-order valence-corrected chi connectivity index (χ2v) is 4.76. The Labute approximate surface area is 125 Å². The molecule has 0 saturated heterocycles. The zero-order chi connectivity index (χ0) is 15.6. The van der Waals surface area contributed by atoms with Crippen LogP contribution in [0.3, 0.4) is 0 Å². The molecule has 5 N–H and O–H groups in total. The molecule has 0 atom stereocenters. The van der Waals surface area contributed by atoms with Crippen molar-refractivity contribution in [3.63, 3.8) is 0 Å². The Hall–Kier alpha value is -2.49. The molecule has 2 aromatic rings. The van der Waals surface area contributed by atoms with Gasteiger partial charge in [0.05, 0.1) is 11.8 Å². The van der Waals surface area contributed by atoms with Crippen molar-refractivity contribution in [2.45, 2.75) is 0 Å². The predicted octanol–water partition coefficient (Wildman–Crippen LogP) is 1.80. The molecule has 2 rings (SSSR count). The lowest BCUT2D eigenvalue weighted by atomic mass is 10.2. The molecular formula is C11H8BrF2N5O2. The van der Waals surface area contributed by atoms with Gasteiger partial charge in [0.15, 0.2) is 5.84 Å². The van der Waals surface area contributed by atoms with Crippen LogP contribution in [0.5, 0.6) is 0 Å². The molecule has 0 radical (unpaired) electrons. The minimum atomic E-state index is -1.05. The standard InChI is InChI=1S/C11H8BrF2N5O2/c12-4-1-6(13)8(7(14)2-4)11(20)17-10-5(3-16-18-10)9(15)19-21/h1-3,21H,(H2,15,19)(H2,16,17,18,20). The number of aromatic amines is 1. The molecular weight excluding hydrogens is 352 g/mol. The Morgan fingerprint density at radius 2 is 2.05 bits per heavy atom. The molecule has 110 valence electrons.